The van der Waals surface area contributed by atoms with E-state index in [1.807, 2.05) is 41.4 Å². The molecule has 4 aromatic rings. The summed E-state index contributed by atoms with van der Waals surface area (Å²) >= 11 is 0. The first-order valence-corrected chi connectivity index (χ1v) is 13.9. The van der Waals surface area contributed by atoms with Gasteiger partial charge in [0.25, 0.3) is 0 Å². The lowest BCUT2D eigenvalue weighted by atomic mass is 9.97. The van der Waals surface area contributed by atoms with Crippen LogP contribution in [0.3, 0.4) is 0 Å². The minimum atomic E-state index is -0.485. The predicted octanol–water partition coefficient (Wildman–Crippen LogP) is 7.22. The van der Waals surface area contributed by atoms with Gasteiger partial charge in [0.15, 0.2) is 5.66 Å². The Morgan fingerprint density at radius 3 is 2.07 bits per heavy atom. The van der Waals surface area contributed by atoms with E-state index in [4.69, 9.17) is 14.9 Å². The average molecular weight is 542 g/mol. The first kappa shape index (κ1) is 25.0. The van der Waals surface area contributed by atoms with Crippen LogP contribution in [0.25, 0.3) is 0 Å². The molecule has 2 unspecified atom stereocenters. The van der Waals surface area contributed by atoms with Gasteiger partial charge in [-0.05, 0) is 66.6 Å². The number of methoxy groups -OCH3 is 1. The molecule has 8 heteroatoms. The third-order valence-corrected chi connectivity index (χ3v) is 7.95. The molecule has 0 aliphatic carbocycles. The summed E-state index contributed by atoms with van der Waals surface area (Å²) in [5.41, 5.74) is 6.99. The van der Waals surface area contributed by atoms with E-state index in [0.29, 0.717) is 6.54 Å². The molecule has 1 spiro atoms. The minimum absolute atomic E-state index is 0.0895. The van der Waals surface area contributed by atoms with Crippen LogP contribution in [0.5, 0.6) is 5.75 Å². The summed E-state index contributed by atoms with van der Waals surface area (Å²) in [6.07, 6.45) is 1.56. The Morgan fingerprint density at radius 1 is 0.732 bits per heavy atom. The molecule has 0 saturated carbocycles. The molecule has 7 rings (SSSR count). The largest absolute Gasteiger partial charge is 0.497 e. The fourth-order valence-corrected chi connectivity index (χ4v) is 5.97. The van der Waals surface area contributed by atoms with Gasteiger partial charge in [0.1, 0.15) is 12.3 Å². The predicted molar refractivity (Wildman–Crippen MR) is 164 cm³/mol. The zero-order valence-electron chi connectivity index (χ0n) is 23.1. The summed E-state index contributed by atoms with van der Waals surface area (Å²) in [6, 6.07) is 37.5. The van der Waals surface area contributed by atoms with Crippen LogP contribution in [0.15, 0.2) is 130 Å². The molecule has 3 heterocycles. The van der Waals surface area contributed by atoms with Crippen molar-refractivity contribution in [3.8, 4) is 5.75 Å². The quantitative estimate of drug-likeness (QED) is 0.258. The highest BCUT2D eigenvalue weighted by molar-refractivity contribution is 6.03. The SMILES string of the molecule is COc1ccc(C2CC(c3ccc(N4N=NCC45CC(C)=NN5c4ccccc4)cc3)=NN2c2ccccc2)cc1. The van der Waals surface area contributed by atoms with E-state index >= 15 is 0 Å². The van der Waals surface area contributed by atoms with Gasteiger partial charge >= 0.3 is 0 Å². The van der Waals surface area contributed by atoms with Gasteiger partial charge in [-0.1, -0.05) is 65.9 Å². The molecule has 0 radical (unpaired) electrons. The Bertz CT molecular complexity index is 1620. The molecule has 0 fully saturated rings. The van der Waals surface area contributed by atoms with E-state index in [0.717, 1.165) is 52.6 Å². The van der Waals surface area contributed by atoms with Gasteiger partial charge in [0, 0.05) is 18.6 Å². The van der Waals surface area contributed by atoms with Crippen LogP contribution in [-0.4, -0.2) is 30.7 Å². The van der Waals surface area contributed by atoms with Crippen LogP contribution in [0.1, 0.15) is 36.9 Å². The van der Waals surface area contributed by atoms with Gasteiger partial charge in [0.05, 0.1) is 35.9 Å². The van der Waals surface area contributed by atoms with Crippen molar-refractivity contribution in [2.24, 2.45) is 20.5 Å². The zero-order chi connectivity index (χ0) is 27.8. The maximum Gasteiger partial charge on any atom is 0.183 e. The van der Waals surface area contributed by atoms with E-state index in [2.05, 4.69) is 100 Å². The lowest BCUT2D eigenvalue weighted by molar-refractivity contribution is 0.414. The fourth-order valence-electron chi connectivity index (χ4n) is 5.97. The van der Waals surface area contributed by atoms with E-state index in [1.54, 1.807) is 7.11 Å². The molecule has 204 valence electrons. The highest BCUT2D eigenvalue weighted by Gasteiger charge is 2.51. The van der Waals surface area contributed by atoms with Gasteiger partial charge in [0.2, 0.25) is 0 Å². The number of nitrogens with zero attached hydrogens (tertiary/aromatic N) is 7. The van der Waals surface area contributed by atoms with E-state index < -0.39 is 5.66 Å². The van der Waals surface area contributed by atoms with Gasteiger partial charge in [-0.3, -0.25) is 5.01 Å². The Labute approximate surface area is 239 Å². The Kier molecular flexibility index (Phi) is 6.23. The first-order valence-electron chi connectivity index (χ1n) is 13.9. The number of hydrazone groups is 2. The lowest BCUT2D eigenvalue weighted by Gasteiger charge is -2.39. The van der Waals surface area contributed by atoms with Gasteiger partial charge in [-0.25, -0.2) is 10.0 Å². The standard InChI is InChI=1S/C33H31N7O/c1-24-22-33(39(35-24)28-11-7-4-8-12-28)23-34-37-40(33)29-17-13-25(14-18-29)31-21-32(26-15-19-30(41-2)20-16-26)38(36-31)27-9-5-3-6-10-27/h3-20,32H,21-23H2,1-2H3. The number of hydrogen-bond acceptors (Lipinski definition) is 8. The molecule has 0 bridgehead atoms. The van der Waals surface area contributed by atoms with Crippen molar-refractivity contribution >= 4 is 28.5 Å². The van der Waals surface area contributed by atoms with Crippen LogP contribution in [-0.2, 0) is 0 Å². The maximum absolute atomic E-state index is 5.39. The summed E-state index contributed by atoms with van der Waals surface area (Å²) in [5.74, 6) is 0.847. The van der Waals surface area contributed by atoms with Crippen molar-refractivity contribution in [1.29, 1.82) is 0 Å². The number of benzene rings is 4. The monoisotopic (exact) mass is 541 g/mol. The molecular weight excluding hydrogens is 510 g/mol. The molecule has 3 aliphatic rings. The summed E-state index contributed by atoms with van der Waals surface area (Å²) in [7, 11) is 1.69. The van der Waals surface area contributed by atoms with Crippen molar-refractivity contribution in [3.05, 3.63) is 120 Å². The molecule has 8 nitrogen and oxygen atoms in total. The van der Waals surface area contributed by atoms with Gasteiger partial charge in [-0.2, -0.15) is 15.3 Å². The Balaban J connectivity index is 1.18. The van der Waals surface area contributed by atoms with Crippen molar-refractivity contribution in [2.45, 2.75) is 31.5 Å². The number of rotatable bonds is 6. The summed E-state index contributed by atoms with van der Waals surface area (Å²) in [4.78, 5) is 0. The Hall–Kier alpha value is -4.98. The number of para-hydroxylation sites is 2. The van der Waals surface area contributed by atoms with Crippen molar-refractivity contribution < 1.29 is 4.74 Å². The number of anilines is 3. The zero-order valence-corrected chi connectivity index (χ0v) is 23.1. The second-order valence-corrected chi connectivity index (χ2v) is 10.6. The van der Waals surface area contributed by atoms with Crippen LogP contribution in [0.2, 0.25) is 0 Å². The van der Waals surface area contributed by atoms with E-state index in [1.165, 1.54) is 5.56 Å². The highest BCUT2D eigenvalue weighted by Crippen LogP contribution is 2.42. The summed E-state index contributed by atoms with van der Waals surface area (Å²) < 4.78 is 5.39. The van der Waals surface area contributed by atoms with Crippen LogP contribution < -0.4 is 19.8 Å². The van der Waals surface area contributed by atoms with Crippen LogP contribution >= 0.6 is 0 Å². The first-order chi connectivity index (χ1) is 20.1. The summed E-state index contributed by atoms with van der Waals surface area (Å²) in [6.45, 7) is 2.62. The van der Waals surface area contributed by atoms with Crippen molar-refractivity contribution in [2.75, 3.05) is 28.7 Å². The molecule has 3 aliphatic heterocycles. The Morgan fingerprint density at radius 2 is 1.39 bits per heavy atom. The third kappa shape index (κ3) is 4.41. The molecule has 2 atom stereocenters. The topological polar surface area (TPSA) is 68.4 Å². The highest BCUT2D eigenvalue weighted by atomic mass is 16.5. The molecule has 41 heavy (non-hydrogen) atoms. The molecule has 0 amide bonds. The average Bonchev–Trinajstić information content (AvgIpc) is 3.75. The van der Waals surface area contributed by atoms with Crippen molar-refractivity contribution in [3.63, 3.8) is 0 Å². The van der Waals surface area contributed by atoms with Gasteiger partial charge in [-0.15, -0.1) is 0 Å². The lowest BCUT2D eigenvalue weighted by Crippen LogP contribution is -2.55. The van der Waals surface area contributed by atoms with E-state index in [-0.39, 0.29) is 6.04 Å². The van der Waals surface area contributed by atoms with Crippen LogP contribution in [0.4, 0.5) is 17.1 Å². The smallest absolute Gasteiger partial charge is 0.183 e. The number of hydrogen-bond donors (Lipinski definition) is 0. The second-order valence-electron chi connectivity index (χ2n) is 10.6. The number of ether oxygens (including phenoxy) is 1. The maximum atomic E-state index is 5.39. The van der Waals surface area contributed by atoms with Gasteiger partial charge < -0.3 is 4.74 Å². The second kappa shape index (κ2) is 10.2. The molecule has 0 N–H and O–H groups in total. The normalized spacial score (nSPS) is 21.5. The minimum Gasteiger partial charge on any atom is -0.497 e. The molecule has 4 aromatic carbocycles. The van der Waals surface area contributed by atoms with Crippen molar-refractivity contribution in [1.82, 2.24) is 0 Å². The summed E-state index contributed by atoms with van der Waals surface area (Å²) in [5, 5.41) is 25.3. The fraction of sp³-hybridized carbons (Fsp3) is 0.212. The van der Waals surface area contributed by atoms with Crippen LogP contribution in [0, 0.1) is 0 Å². The third-order valence-electron chi connectivity index (χ3n) is 7.95. The van der Waals surface area contributed by atoms with E-state index in [9.17, 15) is 0 Å². The molecular formula is C33H31N7O. The molecule has 0 saturated heterocycles. The molecule has 0 aromatic heterocycles.